The average Bonchev–Trinajstić information content (AvgIpc) is 2.78. The number of likely N-dealkylation sites (N-methyl/N-ethyl adjacent to an activating group) is 1. The van der Waals surface area contributed by atoms with Crippen molar-refractivity contribution in [2.75, 3.05) is 45.7 Å². The predicted octanol–water partition coefficient (Wildman–Crippen LogP) is 2.18. The molecule has 0 saturated heterocycles. The van der Waals surface area contributed by atoms with Crippen molar-refractivity contribution in [1.29, 1.82) is 0 Å². The monoisotopic (exact) mass is 320 g/mol. The minimum atomic E-state index is 0.536. The standard InChI is InChI=1S/C17H28N4O2/c1-13(2)21(4)9-8-19-17(18-3)20-14-6-7-15-16(12-14)23-11-5-10-22-15/h6-7,12-13H,5,8-11H2,1-4H3,(H2,18,19,20). The molecule has 1 aromatic carbocycles. The Morgan fingerprint density at radius 3 is 2.70 bits per heavy atom. The fraction of sp³-hybridized carbons (Fsp3) is 0.588. The maximum absolute atomic E-state index is 5.71. The van der Waals surface area contributed by atoms with Crippen LogP contribution in [0.2, 0.25) is 0 Å². The van der Waals surface area contributed by atoms with Gasteiger partial charge in [-0.3, -0.25) is 4.99 Å². The third-order valence-electron chi connectivity index (χ3n) is 3.87. The number of benzene rings is 1. The molecule has 1 heterocycles. The zero-order valence-electron chi connectivity index (χ0n) is 14.6. The van der Waals surface area contributed by atoms with Crippen LogP contribution in [-0.4, -0.2) is 57.3 Å². The highest BCUT2D eigenvalue weighted by molar-refractivity contribution is 5.93. The third kappa shape index (κ3) is 5.32. The number of hydrogen-bond acceptors (Lipinski definition) is 4. The lowest BCUT2D eigenvalue weighted by Crippen LogP contribution is -2.38. The molecular formula is C17H28N4O2. The summed E-state index contributed by atoms with van der Waals surface area (Å²) in [5.74, 6) is 2.33. The van der Waals surface area contributed by atoms with Gasteiger partial charge in [-0.15, -0.1) is 0 Å². The molecule has 2 rings (SSSR count). The number of fused-ring (bicyclic) bond motifs is 1. The van der Waals surface area contributed by atoms with Crippen molar-refractivity contribution in [3.05, 3.63) is 18.2 Å². The summed E-state index contributed by atoms with van der Waals surface area (Å²) in [6.45, 7) is 7.55. The first-order valence-electron chi connectivity index (χ1n) is 8.17. The predicted molar refractivity (Wildman–Crippen MR) is 94.8 cm³/mol. The Bertz CT molecular complexity index is 531. The lowest BCUT2D eigenvalue weighted by atomic mass is 10.3. The molecule has 0 aromatic heterocycles. The molecule has 0 bridgehead atoms. The van der Waals surface area contributed by atoms with Gasteiger partial charge in [0.25, 0.3) is 0 Å². The third-order valence-corrected chi connectivity index (χ3v) is 3.87. The second-order valence-corrected chi connectivity index (χ2v) is 5.91. The Balaban J connectivity index is 1.90. The molecule has 128 valence electrons. The molecule has 2 N–H and O–H groups in total. The highest BCUT2D eigenvalue weighted by Gasteiger charge is 2.11. The topological polar surface area (TPSA) is 58.1 Å². The van der Waals surface area contributed by atoms with Gasteiger partial charge in [-0.05, 0) is 33.0 Å². The molecule has 1 aromatic rings. The van der Waals surface area contributed by atoms with Crippen LogP contribution in [0.4, 0.5) is 5.69 Å². The largest absolute Gasteiger partial charge is 0.490 e. The highest BCUT2D eigenvalue weighted by Crippen LogP contribution is 2.32. The minimum Gasteiger partial charge on any atom is -0.490 e. The van der Waals surface area contributed by atoms with Gasteiger partial charge in [0.1, 0.15) is 0 Å². The fourth-order valence-corrected chi connectivity index (χ4v) is 2.17. The molecule has 0 unspecified atom stereocenters. The van der Waals surface area contributed by atoms with Crippen LogP contribution in [0.15, 0.2) is 23.2 Å². The quantitative estimate of drug-likeness (QED) is 0.643. The molecule has 0 spiro atoms. The van der Waals surface area contributed by atoms with E-state index >= 15 is 0 Å². The number of guanidine groups is 1. The van der Waals surface area contributed by atoms with E-state index in [0.29, 0.717) is 19.3 Å². The van der Waals surface area contributed by atoms with Gasteiger partial charge in [0.05, 0.1) is 13.2 Å². The van der Waals surface area contributed by atoms with E-state index < -0.39 is 0 Å². The Kier molecular flexibility index (Phi) is 6.52. The summed E-state index contributed by atoms with van der Waals surface area (Å²) in [5.41, 5.74) is 0.930. The molecule has 0 fully saturated rings. The van der Waals surface area contributed by atoms with E-state index in [9.17, 15) is 0 Å². The normalized spacial score (nSPS) is 14.8. The van der Waals surface area contributed by atoms with Gasteiger partial charge in [0, 0.05) is 44.4 Å². The van der Waals surface area contributed by atoms with Gasteiger partial charge in [-0.2, -0.15) is 0 Å². The molecule has 0 atom stereocenters. The van der Waals surface area contributed by atoms with Crippen LogP contribution in [0.25, 0.3) is 0 Å². The Morgan fingerprint density at radius 2 is 2.00 bits per heavy atom. The maximum atomic E-state index is 5.71. The average molecular weight is 320 g/mol. The number of nitrogens with zero attached hydrogens (tertiary/aromatic N) is 2. The fourth-order valence-electron chi connectivity index (χ4n) is 2.17. The molecule has 1 aliphatic heterocycles. The number of rotatable bonds is 5. The molecule has 0 aliphatic carbocycles. The number of ether oxygens (including phenoxy) is 2. The Hall–Kier alpha value is -1.95. The first-order valence-corrected chi connectivity index (χ1v) is 8.17. The molecule has 0 radical (unpaired) electrons. The summed E-state index contributed by atoms with van der Waals surface area (Å²) in [6.07, 6.45) is 0.907. The van der Waals surface area contributed by atoms with Crippen molar-refractivity contribution < 1.29 is 9.47 Å². The number of hydrogen-bond donors (Lipinski definition) is 2. The van der Waals surface area contributed by atoms with E-state index in [2.05, 4.69) is 41.4 Å². The van der Waals surface area contributed by atoms with Gasteiger partial charge in [-0.25, -0.2) is 0 Å². The van der Waals surface area contributed by atoms with E-state index in [1.54, 1.807) is 7.05 Å². The van der Waals surface area contributed by atoms with E-state index in [0.717, 1.165) is 42.7 Å². The van der Waals surface area contributed by atoms with Crippen LogP contribution >= 0.6 is 0 Å². The molecule has 1 aliphatic rings. The highest BCUT2D eigenvalue weighted by atomic mass is 16.5. The van der Waals surface area contributed by atoms with E-state index in [-0.39, 0.29) is 0 Å². The summed E-state index contributed by atoms with van der Waals surface area (Å²) in [4.78, 5) is 6.55. The lowest BCUT2D eigenvalue weighted by Gasteiger charge is -2.21. The molecule has 6 heteroatoms. The van der Waals surface area contributed by atoms with Crippen molar-refractivity contribution in [1.82, 2.24) is 10.2 Å². The van der Waals surface area contributed by atoms with Crippen LogP contribution in [0.3, 0.4) is 0 Å². The number of anilines is 1. The van der Waals surface area contributed by atoms with Crippen molar-refractivity contribution >= 4 is 11.6 Å². The van der Waals surface area contributed by atoms with Crippen LogP contribution < -0.4 is 20.1 Å². The van der Waals surface area contributed by atoms with Crippen molar-refractivity contribution in [2.24, 2.45) is 4.99 Å². The SMILES string of the molecule is CN=C(NCCN(C)C(C)C)Nc1ccc2c(c1)OCCCO2. The van der Waals surface area contributed by atoms with Gasteiger partial charge in [-0.1, -0.05) is 0 Å². The van der Waals surface area contributed by atoms with Gasteiger partial charge in [0.2, 0.25) is 0 Å². The Labute approximate surface area is 138 Å². The van der Waals surface area contributed by atoms with E-state index in [1.807, 2.05) is 18.2 Å². The zero-order chi connectivity index (χ0) is 16.7. The second-order valence-electron chi connectivity index (χ2n) is 5.91. The maximum Gasteiger partial charge on any atom is 0.195 e. The molecule has 0 amide bonds. The summed E-state index contributed by atoms with van der Waals surface area (Å²) >= 11 is 0. The van der Waals surface area contributed by atoms with Crippen molar-refractivity contribution in [3.8, 4) is 11.5 Å². The van der Waals surface area contributed by atoms with Crippen LogP contribution in [0.5, 0.6) is 11.5 Å². The van der Waals surface area contributed by atoms with Crippen LogP contribution in [0, 0.1) is 0 Å². The first kappa shape index (κ1) is 17.4. The summed E-state index contributed by atoms with van der Waals surface area (Å²) in [6, 6.07) is 6.39. The molecule has 6 nitrogen and oxygen atoms in total. The molecule has 23 heavy (non-hydrogen) atoms. The molecular weight excluding hydrogens is 292 g/mol. The minimum absolute atomic E-state index is 0.536. The van der Waals surface area contributed by atoms with Crippen LogP contribution in [0.1, 0.15) is 20.3 Å². The number of nitrogens with one attached hydrogen (secondary N) is 2. The second kappa shape index (κ2) is 8.62. The summed E-state index contributed by atoms with van der Waals surface area (Å²) in [5, 5.41) is 6.61. The van der Waals surface area contributed by atoms with Crippen LogP contribution in [-0.2, 0) is 0 Å². The van der Waals surface area contributed by atoms with Gasteiger partial charge >= 0.3 is 0 Å². The Morgan fingerprint density at radius 1 is 1.26 bits per heavy atom. The van der Waals surface area contributed by atoms with Crippen molar-refractivity contribution in [2.45, 2.75) is 26.3 Å². The lowest BCUT2D eigenvalue weighted by molar-refractivity contribution is 0.278. The van der Waals surface area contributed by atoms with E-state index in [4.69, 9.17) is 9.47 Å². The van der Waals surface area contributed by atoms with Gasteiger partial charge < -0.3 is 25.0 Å². The smallest absolute Gasteiger partial charge is 0.195 e. The summed E-state index contributed by atoms with van der Waals surface area (Å²) in [7, 11) is 3.89. The van der Waals surface area contributed by atoms with E-state index in [1.165, 1.54) is 0 Å². The molecule has 0 saturated carbocycles. The number of aliphatic imine (C=N–C) groups is 1. The van der Waals surface area contributed by atoms with Gasteiger partial charge in [0.15, 0.2) is 17.5 Å². The zero-order valence-corrected chi connectivity index (χ0v) is 14.6. The summed E-state index contributed by atoms with van der Waals surface area (Å²) < 4.78 is 11.4. The van der Waals surface area contributed by atoms with Crippen molar-refractivity contribution in [3.63, 3.8) is 0 Å². The first-order chi connectivity index (χ1) is 11.1.